The Labute approximate surface area is 175 Å². The zero-order valence-electron chi connectivity index (χ0n) is 15.6. The molecule has 1 aliphatic heterocycles. The number of para-hydroxylation sites is 1. The van der Waals surface area contributed by atoms with Crippen molar-refractivity contribution in [3.8, 4) is 22.3 Å². The average Bonchev–Trinajstić information content (AvgIpc) is 3.18. The molecular formula is C20H17F3N3O3S. The number of ether oxygens (including phenoxy) is 2. The van der Waals surface area contributed by atoms with Gasteiger partial charge in [-0.3, -0.25) is 0 Å². The molecule has 10 heteroatoms. The highest BCUT2D eigenvalue weighted by Gasteiger charge is 2.31. The molecule has 4 rings (SSSR count). The fraction of sp³-hybridized carbons (Fsp3) is 0.250. The number of thiazole rings is 1. The summed E-state index contributed by atoms with van der Waals surface area (Å²) in [6.45, 7) is 2.47. The van der Waals surface area contributed by atoms with Gasteiger partial charge in [-0.25, -0.2) is 4.98 Å². The van der Waals surface area contributed by atoms with Crippen molar-refractivity contribution in [3.63, 3.8) is 0 Å². The topological polar surface area (TPSA) is 47.1 Å². The van der Waals surface area contributed by atoms with E-state index in [-0.39, 0.29) is 5.75 Å². The fourth-order valence-electron chi connectivity index (χ4n) is 2.90. The van der Waals surface area contributed by atoms with Crippen molar-refractivity contribution in [2.45, 2.75) is 6.36 Å². The van der Waals surface area contributed by atoms with E-state index >= 15 is 0 Å². The molecule has 2 heterocycles. The van der Waals surface area contributed by atoms with Crippen molar-refractivity contribution in [1.29, 1.82) is 0 Å². The predicted molar refractivity (Wildman–Crippen MR) is 105 cm³/mol. The highest BCUT2D eigenvalue weighted by Crippen LogP contribution is 2.35. The summed E-state index contributed by atoms with van der Waals surface area (Å²) in [5.74, 6) is 1.62. The van der Waals surface area contributed by atoms with Crippen molar-refractivity contribution in [1.82, 2.24) is 10.0 Å². The summed E-state index contributed by atoms with van der Waals surface area (Å²) in [4.78, 5) is 12.1. The maximum Gasteiger partial charge on any atom is 0.573 e. The molecule has 0 amide bonds. The largest absolute Gasteiger partial charge is 0.573 e. The molecule has 0 saturated carbocycles. The van der Waals surface area contributed by atoms with E-state index in [0.717, 1.165) is 11.6 Å². The van der Waals surface area contributed by atoms with Gasteiger partial charge in [-0.05, 0) is 36.4 Å². The molecule has 1 aromatic heterocycles. The van der Waals surface area contributed by atoms with Crippen molar-refractivity contribution < 1.29 is 27.5 Å². The van der Waals surface area contributed by atoms with Crippen molar-refractivity contribution >= 4 is 17.2 Å². The van der Waals surface area contributed by atoms with Gasteiger partial charge < -0.3 is 19.2 Å². The van der Waals surface area contributed by atoms with Crippen LogP contribution >= 0.6 is 11.3 Å². The molecule has 30 heavy (non-hydrogen) atoms. The first-order chi connectivity index (χ1) is 14.5. The number of hydroxylamine groups is 2. The van der Waals surface area contributed by atoms with Crippen LogP contribution in [-0.4, -0.2) is 42.6 Å². The number of rotatable bonds is 6. The minimum atomic E-state index is -4.71. The first-order valence-electron chi connectivity index (χ1n) is 9.10. The molecule has 1 fully saturated rings. The minimum absolute atomic E-state index is 0.287. The Kier molecular flexibility index (Phi) is 5.96. The molecule has 1 radical (unpaired) electrons. The van der Waals surface area contributed by atoms with E-state index in [9.17, 15) is 13.2 Å². The lowest BCUT2D eigenvalue weighted by Crippen LogP contribution is -2.47. The van der Waals surface area contributed by atoms with Crippen LogP contribution in [0.15, 0.2) is 54.6 Å². The molecular weight excluding hydrogens is 419 g/mol. The molecule has 0 N–H and O–H groups in total. The van der Waals surface area contributed by atoms with Crippen LogP contribution in [0.1, 0.15) is 0 Å². The molecule has 1 saturated heterocycles. The third-order valence-electron chi connectivity index (χ3n) is 4.26. The molecule has 0 atom stereocenters. The molecule has 0 bridgehead atoms. The van der Waals surface area contributed by atoms with Gasteiger partial charge in [-0.1, -0.05) is 29.5 Å². The van der Waals surface area contributed by atoms with Gasteiger partial charge in [-0.15, -0.1) is 18.2 Å². The SMILES string of the molecule is FC(F)(F)Oc1ccc(ON2CCN(c3n[c]sc3Oc3ccccc3)CC2)cc1. The summed E-state index contributed by atoms with van der Waals surface area (Å²) in [5.41, 5.74) is 2.88. The van der Waals surface area contributed by atoms with Crippen LogP contribution in [0.5, 0.6) is 22.3 Å². The number of benzene rings is 2. The third kappa shape index (κ3) is 5.33. The highest BCUT2D eigenvalue weighted by molar-refractivity contribution is 7.11. The number of aromatic nitrogens is 1. The van der Waals surface area contributed by atoms with E-state index in [2.05, 4.69) is 20.1 Å². The van der Waals surface area contributed by atoms with E-state index in [1.54, 1.807) is 5.06 Å². The van der Waals surface area contributed by atoms with Crippen molar-refractivity contribution in [3.05, 3.63) is 60.1 Å². The number of alkyl halides is 3. The first kappa shape index (κ1) is 20.3. The Bertz CT molecular complexity index is 943. The van der Waals surface area contributed by atoms with E-state index in [1.165, 1.54) is 35.6 Å². The Balaban J connectivity index is 1.31. The van der Waals surface area contributed by atoms with Gasteiger partial charge >= 0.3 is 6.36 Å². The van der Waals surface area contributed by atoms with Crippen molar-refractivity contribution in [2.75, 3.05) is 31.1 Å². The summed E-state index contributed by atoms with van der Waals surface area (Å²) in [6, 6.07) is 14.8. The Hall–Kier alpha value is -2.98. The van der Waals surface area contributed by atoms with Crippen LogP contribution in [0.25, 0.3) is 0 Å². The zero-order chi connectivity index (χ0) is 21.0. The van der Waals surface area contributed by atoms with Crippen molar-refractivity contribution in [2.24, 2.45) is 0 Å². The second kappa shape index (κ2) is 8.80. The van der Waals surface area contributed by atoms with Crippen LogP contribution in [-0.2, 0) is 0 Å². The van der Waals surface area contributed by atoms with Crippen LogP contribution < -0.4 is 19.2 Å². The van der Waals surface area contributed by atoms with E-state index in [1.807, 2.05) is 30.3 Å². The predicted octanol–water partition coefficient (Wildman–Crippen LogP) is 4.75. The summed E-state index contributed by atoms with van der Waals surface area (Å²) in [5, 5.41) is 2.43. The molecule has 6 nitrogen and oxygen atoms in total. The standard InChI is InChI=1S/C20H17F3N3O3S/c21-20(22,23)28-16-6-8-17(9-7-16)29-26-12-10-25(11-13-26)18-19(30-14-24-18)27-15-4-2-1-3-5-15/h1-9H,10-13H2. The number of hydrogen-bond donors (Lipinski definition) is 0. The first-order valence-corrected chi connectivity index (χ1v) is 9.91. The maximum absolute atomic E-state index is 12.2. The van der Waals surface area contributed by atoms with Gasteiger partial charge in [0.05, 0.1) is 13.1 Å². The van der Waals surface area contributed by atoms with E-state index < -0.39 is 6.36 Å². The molecule has 0 spiro atoms. The Morgan fingerprint density at radius 1 is 0.867 bits per heavy atom. The molecule has 2 aromatic carbocycles. The summed E-state index contributed by atoms with van der Waals surface area (Å²) < 4.78 is 46.5. The fourth-order valence-corrected chi connectivity index (χ4v) is 3.52. The van der Waals surface area contributed by atoms with Gasteiger partial charge in [0.2, 0.25) is 5.06 Å². The van der Waals surface area contributed by atoms with E-state index in [0.29, 0.717) is 37.0 Å². The average molecular weight is 436 g/mol. The second-order valence-corrected chi connectivity index (χ2v) is 7.12. The zero-order valence-corrected chi connectivity index (χ0v) is 16.4. The summed E-state index contributed by atoms with van der Waals surface area (Å²) in [7, 11) is 0. The van der Waals surface area contributed by atoms with E-state index in [4.69, 9.17) is 9.57 Å². The van der Waals surface area contributed by atoms with Gasteiger partial charge in [0, 0.05) is 13.1 Å². The lowest BCUT2D eigenvalue weighted by atomic mass is 10.3. The van der Waals surface area contributed by atoms with Crippen LogP contribution in [0.4, 0.5) is 19.0 Å². The molecule has 1 aliphatic rings. The molecule has 0 unspecified atom stereocenters. The third-order valence-corrected chi connectivity index (χ3v) is 4.89. The molecule has 3 aromatic rings. The van der Waals surface area contributed by atoms with Gasteiger partial charge in [0.25, 0.3) is 0 Å². The second-order valence-electron chi connectivity index (χ2n) is 6.36. The quantitative estimate of drug-likeness (QED) is 0.556. The minimum Gasteiger partial charge on any atom is -0.443 e. The number of anilines is 1. The Morgan fingerprint density at radius 2 is 1.53 bits per heavy atom. The summed E-state index contributed by atoms with van der Waals surface area (Å²) in [6.07, 6.45) is -4.71. The monoisotopic (exact) mass is 436 g/mol. The van der Waals surface area contributed by atoms with Gasteiger partial charge in [0.15, 0.2) is 11.3 Å². The lowest BCUT2D eigenvalue weighted by molar-refractivity contribution is -0.274. The number of hydrogen-bond acceptors (Lipinski definition) is 7. The number of nitrogens with zero attached hydrogens (tertiary/aromatic N) is 3. The smallest absolute Gasteiger partial charge is 0.443 e. The van der Waals surface area contributed by atoms with Gasteiger partial charge in [-0.2, -0.15) is 0 Å². The van der Waals surface area contributed by atoms with Crippen LogP contribution in [0.2, 0.25) is 0 Å². The normalized spacial score (nSPS) is 15.1. The maximum atomic E-state index is 12.2. The molecule has 0 aliphatic carbocycles. The van der Waals surface area contributed by atoms with Gasteiger partial charge in [0.1, 0.15) is 17.2 Å². The lowest BCUT2D eigenvalue weighted by Gasteiger charge is -2.34. The molecule has 157 valence electrons. The summed E-state index contributed by atoms with van der Waals surface area (Å²) >= 11 is 1.31. The Morgan fingerprint density at radius 3 is 2.20 bits per heavy atom. The van der Waals surface area contributed by atoms with Crippen LogP contribution in [0.3, 0.4) is 0 Å². The highest BCUT2D eigenvalue weighted by atomic mass is 32.1. The number of halogens is 3. The van der Waals surface area contributed by atoms with Crippen LogP contribution in [0, 0.1) is 5.51 Å². The number of piperazine rings is 1.